The fourth-order valence-corrected chi connectivity index (χ4v) is 3.11. The molecule has 2 atom stereocenters. The van der Waals surface area contributed by atoms with Crippen LogP contribution in [-0.2, 0) is 11.2 Å². The molecule has 1 aliphatic rings. The van der Waals surface area contributed by atoms with Crippen molar-refractivity contribution < 1.29 is 14.6 Å². The van der Waals surface area contributed by atoms with Gasteiger partial charge in [0.1, 0.15) is 24.5 Å². The van der Waals surface area contributed by atoms with E-state index in [1.165, 1.54) is 0 Å². The van der Waals surface area contributed by atoms with E-state index in [4.69, 9.17) is 10.5 Å². The van der Waals surface area contributed by atoms with E-state index in [0.29, 0.717) is 13.0 Å². The van der Waals surface area contributed by atoms with Gasteiger partial charge in [-0.3, -0.25) is 4.79 Å². The Bertz CT molecular complexity index is 732. The van der Waals surface area contributed by atoms with Crippen molar-refractivity contribution in [2.45, 2.75) is 25.5 Å². The number of aliphatic hydroxyl groups is 1. The molecule has 0 spiro atoms. The summed E-state index contributed by atoms with van der Waals surface area (Å²) in [6.07, 6.45) is -0.143. The van der Waals surface area contributed by atoms with E-state index in [-0.39, 0.29) is 12.5 Å². The highest BCUT2D eigenvalue weighted by molar-refractivity contribution is 5.86. The van der Waals surface area contributed by atoms with Crippen molar-refractivity contribution in [3.8, 4) is 5.75 Å². The van der Waals surface area contributed by atoms with Gasteiger partial charge in [-0.05, 0) is 36.2 Å². The molecular weight excluding hydrogens is 304 g/mol. The lowest BCUT2D eigenvalue weighted by atomic mass is 10.1. The van der Waals surface area contributed by atoms with Crippen LogP contribution in [0, 0.1) is 6.92 Å². The predicted octanol–water partition coefficient (Wildman–Crippen LogP) is 1.65. The molecule has 0 radical (unpaired) electrons. The molecule has 5 heteroatoms. The summed E-state index contributed by atoms with van der Waals surface area (Å²) in [6.45, 7) is 2.45. The number of aliphatic hydroxyl groups excluding tert-OH is 1. The second-order valence-corrected chi connectivity index (χ2v) is 6.18. The van der Waals surface area contributed by atoms with Gasteiger partial charge in [0.15, 0.2) is 0 Å². The molecular formula is C19H22N2O3. The third-order valence-corrected chi connectivity index (χ3v) is 4.26. The zero-order valence-electron chi connectivity index (χ0n) is 13.7. The third-order valence-electron chi connectivity index (χ3n) is 4.26. The lowest BCUT2D eigenvalue weighted by Crippen LogP contribution is -2.47. The summed E-state index contributed by atoms with van der Waals surface area (Å²) in [5.41, 5.74) is 8.66. The van der Waals surface area contributed by atoms with E-state index < -0.39 is 12.1 Å². The summed E-state index contributed by atoms with van der Waals surface area (Å²) >= 11 is 0. The summed E-state index contributed by atoms with van der Waals surface area (Å²) in [6, 6.07) is 15.1. The number of β-amino-alcohol motifs (C(OH)–C–C–N with tert-alkyl or cyclic N) is 1. The van der Waals surface area contributed by atoms with Crippen LogP contribution >= 0.6 is 0 Å². The fourth-order valence-electron chi connectivity index (χ4n) is 3.11. The van der Waals surface area contributed by atoms with Gasteiger partial charge in [0.2, 0.25) is 5.91 Å². The van der Waals surface area contributed by atoms with E-state index >= 15 is 0 Å². The molecule has 0 aliphatic carbocycles. The number of hydrogen-bond donors (Lipinski definition) is 2. The number of para-hydroxylation sites is 1. The van der Waals surface area contributed by atoms with Gasteiger partial charge in [-0.1, -0.05) is 30.3 Å². The maximum Gasteiger partial charge on any atom is 0.240 e. The van der Waals surface area contributed by atoms with Crippen LogP contribution in [0.25, 0.3) is 0 Å². The predicted molar refractivity (Wildman–Crippen MR) is 93.2 cm³/mol. The Balaban J connectivity index is 1.66. The van der Waals surface area contributed by atoms with Crippen molar-refractivity contribution in [2.24, 2.45) is 5.73 Å². The summed E-state index contributed by atoms with van der Waals surface area (Å²) in [7, 11) is 0. The maximum atomic E-state index is 11.7. The molecule has 0 saturated carbocycles. The third kappa shape index (κ3) is 3.51. The van der Waals surface area contributed by atoms with Crippen LogP contribution in [0.1, 0.15) is 11.1 Å². The number of hydrogen-bond acceptors (Lipinski definition) is 4. The Morgan fingerprint density at radius 1 is 1.33 bits per heavy atom. The number of ether oxygens (including phenoxy) is 1. The number of benzene rings is 2. The van der Waals surface area contributed by atoms with Crippen LogP contribution < -0.4 is 15.4 Å². The van der Waals surface area contributed by atoms with Crippen LogP contribution in [0.3, 0.4) is 0 Å². The average molecular weight is 326 g/mol. The van der Waals surface area contributed by atoms with E-state index in [1.807, 2.05) is 60.4 Å². The number of anilines is 1. The molecule has 0 fully saturated rings. The minimum atomic E-state index is -0.724. The fraction of sp³-hybridized carbons (Fsp3) is 0.316. The number of carbonyl (C=O) groups is 1. The van der Waals surface area contributed by atoms with E-state index in [0.717, 1.165) is 22.6 Å². The van der Waals surface area contributed by atoms with Gasteiger partial charge >= 0.3 is 0 Å². The topological polar surface area (TPSA) is 75.8 Å². The van der Waals surface area contributed by atoms with Gasteiger partial charge in [0, 0.05) is 18.7 Å². The first-order valence-corrected chi connectivity index (χ1v) is 8.06. The molecule has 1 aliphatic heterocycles. The molecule has 0 saturated heterocycles. The molecule has 126 valence electrons. The number of nitrogens with zero attached hydrogens (tertiary/aromatic N) is 1. The second-order valence-electron chi connectivity index (χ2n) is 6.18. The lowest BCUT2D eigenvalue weighted by molar-refractivity contribution is -0.119. The SMILES string of the molecule is Cc1cccc(OCC(O)CN2c3ccccc3C[C@H]2C(N)=O)c1. The molecule has 1 unspecified atom stereocenters. The first kappa shape index (κ1) is 16.3. The summed E-state index contributed by atoms with van der Waals surface area (Å²) in [5, 5.41) is 10.3. The number of aryl methyl sites for hydroxylation is 1. The molecule has 24 heavy (non-hydrogen) atoms. The highest BCUT2D eigenvalue weighted by atomic mass is 16.5. The van der Waals surface area contributed by atoms with Gasteiger partial charge in [0.25, 0.3) is 0 Å². The maximum absolute atomic E-state index is 11.7. The van der Waals surface area contributed by atoms with Crippen molar-refractivity contribution in [3.05, 3.63) is 59.7 Å². The number of carbonyl (C=O) groups excluding carboxylic acids is 1. The molecule has 3 N–H and O–H groups in total. The van der Waals surface area contributed by atoms with Crippen molar-refractivity contribution in [1.82, 2.24) is 0 Å². The number of nitrogens with two attached hydrogens (primary N) is 1. The second kappa shape index (κ2) is 6.93. The Morgan fingerprint density at radius 3 is 2.88 bits per heavy atom. The van der Waals surface area contributed by atoms with E-state index in [2.05, 4.69) is 0 Å². The molecule has 3 rings (SSSR count). The van der Waals surface area contributed by atoms with Crippen molar-refractivity contribution >= 4 is 11.6 Å². The standard InChI is InChI=1S/C19H22N2O3/c1-13-5-4-7-16(9-13)24-12-15(22)11-21-17-8-3-2-6-14(17)10-18(21)19(20)23/h2-9,15,18,22H,10-12H2,1H3,(H2,20,23)/t15?,18-/m0/s1. The number of rotatable bonds is 6. The number of primary amides is 1. The van der Waals surface area contributed by atoms with Crippen LogP contribution in [0.4, 0.5) is 5.69 Å². The Kier molecular flexibility index (Phi) is 4.71. The molecule has 1 amide bonds. The zero-order chi connectivity index (χ0) is 17.1. The Hall–Kier alpha value is -2.53. The van der Waals surface area contributed by atoms with Gasteiger partial charge in [-0.15, -0.1) is 0 Å². The summed E-state index contributed by atoms with van der Waals surface area (Å²) in [4.78, 5) is 13.6. The van der Waals surface area contributed by atoms with Crippen LogP contribution in [0.15, 0.2) is 48.5 Å². The largest absolute Gasteiger partial charge is 0.491 e. The van der Waals surface area contributed by atoms with Gasteiger partial charge in [0.05, 0.1) is 0 Å². The zero-order valence-corrected chi connectivity index (χ0v) is 13.7. The molecule has 0 aromatic heterocycles. The monoisotopic (exact) mass is 326 g/mol. The molecule has 2 aromatic rings. The van der Waals surface area contributed by atoms with Crippen LogP contribution in [0.2, 0.25) is 0 Å². The average Bonchev–Trinajstić information content (AvgIpc) is 2.92. The highest BCUT2D eigenvalue weighted by Crippen LogP contribution is 2.31. The van der Waals surface area contributed by atoms with Crippen molar-refractivity contribution in [1.29, 1.82) is 0 Å². The summed E-state index contributed by atoms with van der Waals surface area (Å²) in [5.74, 6) is 0.348. The van der Waals surface area contributed by atoms with Crippen molar-refractivity contribution in [3.63, 3.8) is 0 Å². The van der Waals surface area contributed by atoms with Gasteiger partial charge < -0.3 is 20.5 Å². The number of amides is 1. The van der Waals surface area contributed by atoms with Gasteiger partial charge in [-0.2, -0.15) is 0 Å². The quantitative estimate of drug-likeness (QED) is 0.846. The van der Waals surface area contributed by atoms with E-state index in [9.17, 15) is 9.90 Å². The minimum absolute atomic E-state index is 0.160. The molecule has 5 nitrogen and oxygen atoms in total. The first-order valence-electron chi connectivity index (χ1n) is 8.06. The first-order chi connectivity index (χ1) is 11.5. The van der Waals surface area contributed by atoms with Crippen LogP contribution in [-0.4, -0.2) is 36.3 Å². The Labute approximate surface area is 141 Å². The minimum Gasteiger partial charge on any atom is -0.491 e. The smallest absolute Gasteiger partial charge is 0.240 e. The molecule has 1 heterocycles. The Morgan fingerprint density at radius 2 is 2.12 bits per heavy atom. The molecule has 0 bridgehead atoms. The normalized spacial score (nSPS) is 17.4. The molecule has 2 aromatic carbocycles. The highest BCUT2D eigenvalue weighted by Gasteiger charge is 2.33. The van der Waals surface area contributed by atoms with Gasteiger partial charge in [-0.25, -0.2) is 0 Å². The van der Waals surface area contributed by atoms with E-state index in [1.54, 1.807) is 0 Å². The van der Waals surface area contributed by atoms with Crippen molar-refractivity contribution in [2.75, 3.05) is 18.1 Å². The van der Waals surface area contributed by atoms with Crippen LogP contribution in [0.5, 0.6) is 5.75 Å². The lowest BCUT2D eigenvalue weighted by Gasteiger charge is -2.27. The summed E-state index contributed by atoms with van der Waals surface area (Å²) < 4.78 is 5.65. The number of fused-ring (bicyclic) bond motifs is 1.